The van der Waals surface area contributed by atoms with E-state index in [-0.39, 0.29) is 31.3 Å². The fraction of sp³-hybridized carbons (Fsp3) is 0.261. The minimum absolute atomic E-state index is 0.148. The van der Waals surface area contributed by atoms with Crippen molar-refractivity contribution in [1.29, 1.82) is 0 Å². The largest absolute Gasteiger partial charge is 0.490 e. The molecule has 0 heterocycles. The third-order valence-electron chi connectivity index (χ3n) is 4.71. The molecule has 10 nitrogen and oxygen atoms in total. The number of nitrogens with one attached hydrogen (secondary N) is 2. The third-order valence-corrected chi connectivity index (χ3v) is 4.71. The smallest absolute Gasteiger partial charge is 0.475 e. The van der Waals surface area contributed by atoms with E-state index >= 15 is 0 Å². The zero-order valence-electron chi connectivity index (χ0n) is 18.7. The number of anilines is 1. The topological polar surface area (TPSA) is 165 Å². The Morgan fingerprint density at radius 3 is 2.11 bits per heavy atom. The van der Waals surface area contributed by atoms with Crippen LogP contribution in [0.3, 0.4) is 0 Å². The number of ether oxygens (including phenoxy) is 1. The molecule has 0 radical (unpaired) electrons. The lowest BCUT2D eigenvalue weighted by molar-refractivity contribution is -0.192. The first-order valence-corrected chi connectivity index (χ1v) is 10.4. The number of benzene rings is 2. The van der Waals surface area contributed by atoms with Gasteiger partial charge in [0.05, 0.1) is 18.7 Å². The molecule has 0 aromatic heterocycles. The van der Waals surface area contributed by atoms with Gasteiger partial charge in [-0.25, -0.2) is 4.79 Å². The van der Waals surface area contributed by atoms with Gasteiger partial charge in [0, 0.05) is 28.9 Å². The van der Waals surface area contributed by atoms with Crippen molar-refractivity contribution in [2.45, 2.75) is 12.6 Å². The molecule has 1 aliphatic carbocycles. The Morgan fingerprint density at radius 2 is 1.53 bits per heavy atom. The van der Waals surface area contributed by atoms with Crippen molar-refractivity contribution >= 4 is 35.1 Å². The highest BCUT2D eigenvalue weighted by atomic mass is 19.4. The van der Waals surface area contributed by atoms with Crippen LogP contribution < -0.4 is 16.4 Å². The van der Waals surface area contributed by atoms with Crippen molar-refractivity contribution in [3.8, 4) is 0 Å². The van der Waals surface area contributed by atoms with E-state index < -0.39 is 24.0 Å². The molecule has 3 rings (SSSR count). The Labute approximate surface area is 202 Å². The second kappa shape index (κ2) is 12.4. The first-order valence-electron chi connectivity index (χ1n) is 10.4. The van der Waals surface area contributed by atoms with Crippen molar-refractivity contribution in [3.63, 3.8) is 0 Å². The van der Waals surface area contributed by atoms with E-state index in [1.165, 1.54) is 0 Å². The van der Waals surface area contributed by atoms with Gasteiger partial charge in [-0.1, -0.05) is 36.4 Å². The van der Waals surface area contributed by atoms with E-state index in [1.54, 1.807) is 42.5 Å². The molecule has 5 N–H and O–H groups in total. The summed E-state index contributed by atoms with van der Waals surface area (Å²) in [7, 11) is 0. The molecule has 2 aromatic carbocycles. The maximum absolute atomic E-state index is 12.9. The number of hydrogen-bond acceptors (Lipinski definition) is 8. The molecule has 13 heteroatoms. The highest BCUT2D eigenvalue weighted by Gasteiger charge is 2.38. The van der Waals surface area contributed by atoms with Crippen LogP contribution in [0.25, 0.3) is 0 Å². The molecule has 0 unspecified atom stereocenters. The van der Waals surface area contributed by atoms with Crippen molar-refractivity contribution < 1.29 is 47.0 Å². The van der Waals surface area contributed by atoms with Gasteiger partial charge in [-0.05, 0) is 12.5 Å². The summed E-state index contributed by atoms with van der Waals surface area (Å²) in [5.41, 5.74) is 7.24. The normalized spacial score (nSPS) is 11.9. The number of carboxylic acids is 1. The summed E-state index contributed by atoms with van der Waals surface area (Å²) in [5, 5.41) is 12.6. The van der Waals surface area contributed by atoms with Crippen LogP contribution in [0.1, 0.15) is 38.3 Å². The molecular weight excluding hydrogens is 487 g/mol. The molecule has 0 saturated carbocycles. The van der Waals surface area contributed by atoms with Crippen LogP contribution in [-0.4, -0.2) is 66.9 Å². The molecule has 2 aromatic rings. The molecule has 1 amide bonds. The number of aliphatic carboxylic acids is 1. The van der Waals surface area contributed by atoms with Crippen LogP contribution in [0.2, 0.25) is 0 Å². The van der Waals surface area contributed by atoms with Crippen LogP contribution in [0.15, 0.2) is 42.5 Å². The van der Waals surface area contributed by atoms with E-state index in [9.17, 15) is 32.3 Å². The van der Waals surface area contributed by atoms with Gasteiger partial charge in [0.1, 0.15) is 6.54 Å². The van der Waals surface area contributed by atoms with Crippen LogP contribution in [0.4, 0.5) is 18.9 Å². The first kappa shape index (κ1) is 28.0. The molecule has 0 atom stereocenters. The zero-order chi connectivity index (χ0) is 26.9. The highest BCUT2D eigenvalue weighted by Crippen LogP contribution is 2.31. The van der Waals surface area contributed by atoms with Gasteiger partial charge in [-0.15, -0.1) is 0 Å². The minimum Gasteiger partial charge on any atom is -0.475 e. The molecule has 0 aliphatic heterocycles. The monoisotopic (exact) mass is 509 g/mol. The predicted molar refractivity (Wildman–Crippen MR) is 120 cm³/mol. The number of amides is 1. The quantitative estimate of drug-likeness (QED) is 0.260. The summed E-state index contributed by atoms with van der Waals surface area (Å²) in [4.78, 5) is 57.0. The van der Waals surface area contributed by atoms with E-state index in [1.807, 2.05) is 0 Å². The fourth-order valence-electron chi connectivity index (χ4n) is 3.07. The van der Waals surface area contributed by atoms with Crippen molar-refractivity contribution in [3.05, 3.63) is 64.7 Å². The molecule has 1 aliphatic rings. The van der Waals surface area contributed by atoms with Crippen LogP contribution >= 0.6 is 0 Å². The lowest BCUT2D eigenvalue weighted by atomic mass is 9.83. The maximum Gasteiger partial charge on any atom is 0.490 e. The van der Waals surface area contributed by atoms with Crippen LogP contribution in [0, 0.1) is 0 Å². The van der Waals surface area contributed by atoms with Crippen molar-refractivity contribution in [2.24, 2.45) is 5.73 Å². The second-order valence-electron chi connectivity index (χ2n) is 7.22. The van der Waals surface area contributed by atoms with Gasteiger partial charge in [-0.3, -0.25) is 19.2 Å². The lowest BCUT2D eigenvalue weighted by Crippen LogP contribution is -2.35. The number of carbonyl (C=O) groups excluding carboxylic acids is 4. The second-order valence-corrected chi connectivity index (χ2v) is 7.22. The highest BCUT2D eigenvalue weighted by molar-refractivity contribution is 6.30. The zero-order valence-corrected chi connectivity index (χ0v) is 18.7. The number of alkyl halides is 3. The number of nitrogens with two attached hydrogens (primary N) is 1. The molecule has 192 valence electrons. The Hall–Kier alpha value is -4.26. The summed E-state index contributed by atoms with van der Waals surface area (Å²) in [5.74, 6) is -4.11. The minimum atomic E-state index is -5.08. The molecular formula is C23H22F3N3O7. The molecule has 0 bridgehead atoms. The SMILES string of the molecule is NCC(=O)NCC(=O)OCCCNc1cccc2c1C(=O)c1ccccc1C2=O.O=C(O)C(F)(F)F. The number of halogens is 3. The van der Waals surface area contributed by atoms with E-state index in [0.717, 1.165) is 0 Å². The molecule has 36 heavy (non-hydrogen) atoms. The number of fused-ring (bicyclic) bond motifs is 2. The number of ketones is 2. The number of hydrogen-bond donors (Lipinski definition) is 4. The van der Waals surface area contributed by atoms with Gasteiger partial charge in [0.2, 0.25) is 5.91 Å². The van der Waals surface area contributed by atoms with Crippen molar-refractivity contribution in [2.75, 3.05) is 31.6 Å². The van der Waals surface area contributed by atoms with E-state index in [2.05, 4.69) is 10.6 Å². The number of carboxylic acid groups (broad SMARTS) is 1. The average Bonchev–Trinajstić information content (AvgIpc) is 2.85. The Balaban J connectivity index is 0.000000572. The number of esters is 1. The summed E-state index contributed by atoms with van der Waals surface area (Å²) < 4.78 is 36.8. The number of rotatable bonds is 8. The predicted octanol–water partition coefficient (Wildman–Crippen LogP) is 1.52. The summed E-state index contributed by atoms with van der Waals surface area (Å²) in [6, 6.07) is 11.9. The van der Waals surface area contributed by atoms with Gasteiger partial charge in [0.15, 0.2) is 11.6 Å². The van der Waals surface area contributed by atoms with Crippen LogP contribution in [0.5, 0.6) is 0 Å². The summed E-state index contributed by atoms with van der Waals surface area (Å²) in [6.45, 7) is 0.160. The first-order chi connectivity index (χ1) is 17.0. The van der Waals surface area contributed by atoms with E-state index in [4.69, 9.17) is 20.4 Å². The Kier molecular flexibility index (Phi) is 9.67. The van der Waals surface area contributed by atoms with Gasteiger partial charge >= 0.3 is 18.1 Å². The Bertz CT molecular complexity index is 1170. The summed E-state index contributed by atoms with van der Waals surface area (Å²) >= 11 is 0. The number of carbonyl (C=O) groups is 5. The fourth-order valence-corrected chi connectivity index (χ4v) is 3.07. The van der Waals surface area contributed by atoms with Gasteiger partial charge in [0.25, 0.3) is 0 Å². The standard InChI is InChI=1S/C21H21N3O5.C2HF3O2/c22-11-17(25)24-12-18(26)29-10-4-9-23-16-8-3-7-15-19(16)21(28)14-6-2-1-5-13(14)20(15)27;3-2(4,5)1(6)7/h1-3,5-8,23H,4,9-12,22H2,(H,24,25);(H,6,7). The lowest BCUT2D eigenvalue weighted by Gasteiger charge is -2.20. The van der Waals surface area contributed by atoms with Gasteiger partial charge in [-0.2, -0.15) is 13.2 Å². The van der Waals surface area contributed by atoms with Crippen LogP contribution in [-0.2, 0) is 19.1 Å². The molecule has 0 saturated heterocycles. The van der Waals surface area contributed by atoms with Gasteiger partial charge < -0.3 is 26.2 Å². The average molecular weight is 509 g/mol. The molecule has 0 spiro atoms. The molecule has 0 fully saturated rings. The van der Waals surface area contributed by atoms with Crippen molar-refractivity contribution in [1.82, 2.24) is 5.32 Å². The maximum atomic E-state index is 12.9. The summed E-state index contributed by atoms with van der Waals surface area (Å²) in [6.07, 6.45) is -4.60. The van der Waals surface area contributed by atoms with E-state index in [0.29, 0.717) is 40.9 Å². The third kappa shape index (κ3) is 7.37. The Morgan fingerprint density at radius 1 is 0.944 bits per heavy atom.